The van der Waals surface area contributed by atoms with Crippen LogP contribution in [0.15, 0.2) is 18.2 Å². The predicted octanol–water partition coefficient (Wildman–Crippen LogP) is 0.323. The van der Waals surface area contributed by atoms with Crippen molar-refractivity contribution < 1.29 is 0 Å². The highest BCUT2D eigenvalue weighted by Crippen LogP contribution is 2.09. The fraction of sp³-hybridized carbons (Fsp3) is 0.400. The Morgan fingerprint density at radius 2 is 1.46 bits per heavy atom. The average Bonchev–Trinajstić information content (AvgIpc) is 2.17. The van der Waals surface area contributed by atoms with Crippen molar-refractivity contribution in [1.29, 1.82) is 0 Å². The van der Waals surface area contributed by atoms with Gasteiger partial charge >= 0.3 is 0 Å². The zero-order chi connectivity index (χ0) is 9.68. The summed E-state index contributed by atoms with van der Waals surface area (Å²) in [4.78, 5) is 0. The molecule has 0 aliphatic rings. The Kier molecular flexibility index (Phi) is 3.89. The summed E-state index contributed by atoms with van der Waals surface area (Å²) < 4.78 is 0. The first kappa shape index (κ1) is 10.2. The van der Waals surface area contributed by atoms with E-state index in [9.17, 15) is 0 Å². The topological polar surface area (TPSA) is 64.1 Å². The Morgan fingerprint density at radius 1 is 1.00 bits per heavy atom. The summed E-state index contributed by atoms with van der Waals surface area (Å²) in [5.74, 6) is 0. The standard InChI is InChI=1S/C10H17N3/c1-13-7-10-3-8(5-11)2-9(4-10)6-12/h2-4,13H,5-7,11-12H2,1H3. The lowest BCUT2D eigenvalue weighted by Crippen LogP contribution is -2.08. The van der Waals surface area contributed by atoms with Gasteiger partial charge in [-0.15, -0.1) is 0 Å². The van der Waals surface area contributed by atoms with Gasteiger partial charge in [0, 0.05) is 19.6 Å². The summed E-state index contributed by atoms with van der Waals surface area (Å²) in [7, 11) is 1.93. The Hall–Kier alpha value is -0.900. The van der Waals surface area contributed by atoms with Gasteiger partial charge in [-0.25, -0.2) is 0 Å². The van der Waals surface area contributed by atoms with E-state index in [0.717, 1.165) is 17.7 Å². The minimum Gasteiger partial charge on any atom is -0.326 e. The van der Waals surface area contributed by atoms with Gasteiger partial charge in [-0.1, -0.05) is 18.2 Å². The van der Waals surface area contributed by atoms with Crippen molar-refractivity contribution in [3.8, 4) is 0 Å². The van der Waals surface area contributed by atoms with Gasteiger partial charge in [0.05, 0.1) is 0 Å². The van der Waals surface area contributed by atoms with Gasteiger partial charge in [0.25, 0.3) is 0 Å². The first-order valence-corrected chi connectivity index (χ1v) is 4.46. The zero-order valence-corrected chi connectivity index (χ0v) is 8.01. The van der Waals surface area contributed by atoms with Crippen LogP contribution in [0.3, 0.4) is 0 Å². The number of benzene rings is 1. The van der Waals surface area contributed by atoms with Crippen LogP contribution in [-0.2, 0) is 19.6 Å². The average molecular weight is 179 g/mol. The lowest BCUT2D eigenvalue weighted by atomic mass is 10.1. The molecule has 0 aromatic heterocycles. The maximum atomic E-state index is 5.58. The van der Waals surface area contributed by atoms with Crippen LogP contribution in [0.1, 0.15) is 16.7 Å². The first-order chi connectivity index (χ1) is 6.30. The van der Waals surface area contributed by atoms with E-state index in [1.54, 1.807) is 0 Å². The number of rotatable bonds is 4. The van der Waals surface area contributed by atoms with Gasteiger partial charge in [0.15, 0.2) is 0 Å². The molecule has 1 aromatic carbocycles. The summed E-state index contributed by atoms with van der Waals surface area (Å²) in [6.45, 7) is 2.01. The highest BCUT2D eigenvalue weighted by Gasteiger charge is 1.98. The van der Waals surface area contributed by atoms with Crippen molar-refractivity contribution in [1.82, 2.24) is 5.32 Å². The Labute approximate surface area is 79.1 Å². The Balaban J connectivity index is 2.93. The first-order valence-electron chi connectivity index (χ1n) is 4.46. The molecule has 5 N–H and O–H groups in total. The number of nitrogens with one attached hydrogen (secondary N) is 1. The summed E-state index contributed by atoms with van der Waals surface area (Å²) in [5.41, 5.74) is 14.7. The molecule has 0 unspecified atom stereocenters. The van der Waals surface area contributed by atoms with E-state index in [4.69, 9.17) is 11.5 Å². The van der Waals surface area contributed by atoms with Crippen molar-refractivity contribution in [2.24, 2.45) is 11.5 Å². The monoisotopic (exact) mass is 179 g/mol. The molecule has 0 radical (unpaired) electrons. The quantitative estimate of drug-likeness (QED) is 0.624. The van der Waals surface area contributed by atoms with Gasteiger partial charge < -0.3 is 16.8 Å². The molecule has 3 nitrogen and oxygen atoms in total. The summed E-state index contributed by atoms with van der Waals surface area (Å²) in [6, 6.07) is 6.27. The second-order valence-corrected chi connectivity index (χ2v) is 3.10. The minimum absolute atomic E-state index is 0.574. The van der Waals surface area contributed by atoms with Crippen molar-refractivity contribution in [2.45, 2.75) is 19.6 Å². The fourth-order valence-corrected chi connectivity index (χ4v) is 1.38. The molecule has 0 amide bonds. The Bertz CT molecular complexity index is 249. The second-order valence-electron chi connectivity index (χ2n) is 3.10. The van der Waals surface area contributed by atoms with Crippen LogP contribution in [0.4, 0.5) is 0 Å². The van der Waals surface area contributed by atoms with Crippen LogP contribution in [0, 0.1) is 0 Å². The van der Waals surface area contributed by atoms with Crippen LogP contribution < -0.4 is 16.8 Å². The SMILES string of the molecule is CNCc1cc(CN)cc(CN)c1. The molecule has 0 saturated heterocycles. The van der Waals surface area contributed by atoms with Gasteiger partial charge in [-0.2, -0.15) is 0 Å². The highest BCUT2D eigenvalue weighted by molar-refractivity contribution is 5.30. The second kappa shape index (κ2) is 4.97. The predicted molar refractivity (Wildman–Crippen MR) is 55.0 cm³/mol. The molecular formula is C10H17N3. The van der Waals surface area contributed by atoms with Crippen LogP contribution in [-0.4, -0.2) is 7.05 Å². The summed E-state index contributed by atoms with van der Waals surface area (Å²) in [6.07, 6.45) is 0. The van der Waals surface area contributed by atoms with Gasteiger partial charge in [-0.05, 0) is 23.7 Å². The molecule has 1 rings (SSSR count). The molecule has 0 atom stereocenters. The molecule has 0 aliphatic carbocycles. The van der Waals surface area contributed by atoms with Crippen molar-refractivity contribution in [3.05, 3.63) is 34.9 Å². The third-order valence-electron chi connectivity index (χ3n) is 1.96. The maximum Gasteiger partial charge on any atom is 0.0202 e. The number of hydrogen-bond acceptors (Lipinski definition) is 3. The van der Waals surface area contributed by atoms with E-state index in [1.807, 2.05) is 7.05 Å². The van der Waals surface area contributed by atoms with Gasteiger partial charge in [0.2, 0.25) is 0 Å². The largest absolute Gasteiger partial charge is 0.326 e. The normalized spacial score (nSPS) is 10.4. The summed E-state index contributed by atoms with van der Waals surface area (Å²) in [5, 5.41) is 3.10. The highest BCUT2D eigenvalue weighted by atomic mass is 14.8. The number of hydrogen-bond donors (Lipinski definition) is 3. The van der Waals surface area contributed by atoms with Crippen LogP contribution in [0.2, 0.25) is 0 Å². The lowest BCUT2D eigenvalue weighted by Gasteiger charge is -2.06. The van der Waals surface area contributed by atoms with Crippen molar-refractivity contribution in [2.75, 3.05) is 7.05 Å². The molecule has 13 heavy (non-hydrogen) atoms. The van der Waals surface area contributed by atoms with Crippen molar-refractivity contribution in [3.63, 3.8) is 0 Å². The van der Waals surface area contributed by atoms with Gasteiger partial charge in [0.1, 0.15) is 0 Å². The molecular weight excluding hydrogens is 162 g/mol. The van der Waals surface area contributed by atoms with Gasteiger partial charge in [-0.3, -0.25) is 0 Å². The van der Waals surface area contributed by atoms with E-state index in [0.29, 0.717) is 13.1 Å². The molecule has 72 valence electrons. The van der Waals surface area contributed by atoms with E-state index in [-0.39, 0.29) is 0 Å². The Morgan fingerprint density at radius 3 is 1.85 bits per heavy atom. The molecule has 0 saturated carbocycles. The third-order valence-corrected chi connectivity index (χ3v) is 1.96. The number of nitrogens with two attached hydrogens (primary N) is 2. The fourth-order valence-electron chi connectivity index (χ4n) is 1.38. The van der Waals surface area contributed by atoms with E-state index >= 15 is 0 Å². The zero-order valence-electron chi connectivity index (χ0n) is 8.01. The van der Waals surface area contributed by atoms with Crippen molar-refractivity contribution >= 4 is 0 Å². The maximum absolute atomic E-state index is 5.58. The smallest absolute Gasteiger partial charge is 0.0202 e. The lowest BCUT2D eigenvalue weighted by molar-refractivity contribution is 0.812. The molecule has 3 heteroatoms. The molecule has 0 heterocycles. The van der Waals surface area contributed by atoms with E-state index in [2.05, 4.69) is 23.5 Å². The van der Waals surface area contributed by atoms with E-state index in [1.165, 1.54) is 5.56 Å². The molecule has 0 fully saturated rings. The minimum atomic E-state index is 0.574. The van der Waals surface area contributed by atoms with E-state index < -0.39 is 0 Å². The van der Waals surface area contributed by atoms with Crippen LogP contribution >= 0.6 is 0 Å². The van der Waals surface area contributed by atoms with Crippen LogP contribution in [0.25, 0.3) is 0 Å². The van der Waals surface area contributed by atoms with Crippen LogP contribution in [0.5, 0.6) is 0 Å². The molecule has 0 spiro atoms. The summed E-state index contributed by atoms with van der Waals surface area (Å²) >= 11 is 0. The third kappa shape index (κ3) is 2.81. The molecule has 1 aromatic rings. The molecule has 0 aliphatic heterocycles. The molecule has 0 bridgehead atoms.